The Bertz CT molecular complexity index is 694. The summed E-state index contributed by atoms with van der Waals surface area (Å²) in [6.45, 7) is 8.44. The van der Waals surface area contributed by atoms with Crippen LogP contribution in [0.3, 0.4) is 0 Å². The van der Waals surface area contributed by atoms with Crippen molar-refractivity contribution in [1.82, 2.24) is 0 Å². The van der Waals surface area contributed by atoms with Crippen molar-refractivity contribution in [2.75, 3.05) is 7.11 Å². The first-order valence-electron chi connectivity index (χ1n) is 9.65. The van der Waals surface area contributed by atoms with Gasteiger partial charge in [-0.05, 0) is 86.8 Å². The molecule has 0 aromatic heterocycles. The van der Waals surface area contributed by atoms with Crippen LogP contribution in [0.4, 0.5) is 0 Å². The quantitative estimate of drug-likeness (QED) is 0.533. The number of fused-ring (bicyclic) bond motifs is 1. The second-order valence-electron chi connectivity index (χ2n) is 8.89. The molecule has 1 aromatic carbocycles. The van der Waals surface area contributed by atoms with E-state index in [1.165, 1.54) is 16.7 Å². The average molecular weight is 439 g/mol. The summed E-state index contributed by atoms with van der Waals surface area (Å²) in [5.41, 5.74) is 4.12. The zero-order valence-corrected chi connectivity index (χ0v) is 19.0. The minimum Gasteiger partial charge on any atom is -0.611 e. The summed E-state index contributed by atoms with van der Waals surface area (Å²) in [6.07, 6.45) is 5.88. The second-order valence-corrected chi connectivity index (χ2v) is 11.9. The normalized spacial score (nSPS) is 31.4. The van der Waals surface area contributed by atoms with E-state index in [4.69, 9.17) is 4.74 Å². The van der Waals surface area contributed by atoms with Gasteiger partial charge in [0.25, 0.3) is 0 Å². The minimum atomic E-state index is -1.00. The van der Waals surface area contributed by atoms with Crippen molar-refractivity contribution in [1.29, 1.82) is 0 Å². The molecule has 1 saturated carbocycles. The SMILES string of the molecule is CC[C@@H]1C[C@]2(CC[C@H]1OC)Cc1ccc(Br)cc1/C2=C/[S@+]([O-])C(C)(C)C. The highest BCUT2D eigenvalue weighted by molar-refractivity contribution is 9.10. The number of hydrogen-bond acceptors (Lipinski definition) is 2. The van der Waals surface area contributed by atoms with Gasteiger partial charge in [0.05, 0.1) is 6.10 Å². The van der Waals surface area contributed by atoms with Crippen molar-refractivity contribution in [2.45, 2.75) is 70.7 Å². The molecule has 0 saturated heterocycles. The Balaban J connectivity index is 2.06. The van der Waals surface area contributed by atoms with Gasteiger partial charge in [0.15, 0.2) is 0 Å². The Morgan fingerprint density at radius 1 is 1.38 bits per heavy atom. The summed E-state index contributed by atoms with van der Waals surface area (Å²) in [5.74, 6) is 0.568. The first-order chi connectivity index (χ1) is 12.2. The molecule has 4 atom stereocenters. The van der Waals surface area contributed by atoms with E-state index in [2.05, 4.69) is 67.2 Å². The molecular formula is C22H31BrO2S. The highest BCUT2D eigenvalue weighted by Crippen LogP contribution is 2.57. The van der Waals surface area contributed by atoms with Gasteiger partial charge in [-0.25, -0.2) is 0 Å². The largest absolute Gasteiger partial charge is 0.611 e. The lowest BCUT2D eigenvalue weighted by atomic mass is 9.64. The first kappa shape index (κ1) is 20.4. The predicted molar refractivity (Wildman–Crippen MR) is 115 cm³/mol. The third-order valence-corrected chi connectivity index (χ3v) is 8.35. The summed E-state index contributed by atoms with van der Waals surface area (Å²) in [7, 11) is 1.84. The number of rotatable bonds is 3. The third kappa shape index (κ3) is 3.80. The summed E-state index contributed by atoms with van der Waals surface area (Å²) in [5, 5.41) is 2.08. The minimum absolute atomic E-state index is 0.111. The number of allylic oxidation sites excluding steroid dienone is 1. The maximum Gasteiger partial charge on any atom is 0.122 e. The van der Waals surface area contributed by atoms with Crippen LogP contribution in [0, 0.1) is 11.3 Å². The molecule has 4 heteroatoms. The van der Waals surface area contributed by atoms with Crippen LogP contribution in [-0.4, -0.2) is 22.5 Å². The van der Waals surface area contributed by atoms with Gasteiger partial charge >= 0.3 is 0 Å². The fourth-order valence-electron chi connectivity index (χ4n) is 4.68. The summed E-state index contributed by atoms with van der Waals surface area (Å²) >= 11 is 2.63. The predicted octanol–water partition coefficient (Wildman–Crippen LogP) is 6.10. The molecule has 0 N–H and O–H groups in total. The Kier molecular flexibility index (Phi) is 5.99. The van der Waals surface area contributed by atoms with E-state index in [9.17, 15) is 4.55 Å². The van der Waals surface area contributed by atoms with Crippen LogP contribution in [0.1, 0.15) is 64.5 Å². The van der Waals surface area contributed by atoms with Crippen LogP contribution >= 0.6 is 15.9 Å². The monoisotopic (exact) mass is 438 g/mol. The Hall–Kier alpha value is -0.290. The molecule has 1 spiro atoms. The summed E-state index contributed by atoms with van der Waals surface area (Å²) in [4.78, 5) is 0. The number of benzene rings is 1. The molecule has 144 valence electrons. The smallest absolute Gasteiger partial charge is 0.122 e. The van der Waals surface area contributed by atoms with Crippen LogP contribution < -0.4 is 0 Å². The second kappa shape index (κ2) is 7.62. The third-order valence-electron chi connectivity index (χ3n) is 6.20. The van der Waals surface area contributed by atoms with Crippen molar-refractivity contribution in [3.05, 3.63) is 39.2 Å². The fourth-order valence-corrected chi connectivity index (χ4v) is 5.99. The molecule has 0 aliphatic heterocycles. The first-order valence-corrected chi connectivity index (χ1v) is 11.7. The molecule has 26 heavy (non-hydrogen) atoms. The molecular weight excluding hydrogens is 408 g/mol. The van der Waals surface area contributed by atoms with E-state index in [1.54, 1.807) is 0 Å². The van der Waals surface area contributed by atoms with Crippen molar-refractivity contribution < 1.29 is 9.29 Å². The van der Waals surface area contributed by atoms with Crippen LogP contribution in [0.25, 0.3) is 5.57 Å². The molecule has 2 aliphatic carbocycles. The Morgan fingerprint density at radius 3 is 2.73 bits per heavy atom. The van der Waals surface area contributed by atoms with E-state index in [0.717, 1.165) is 36.6 Å². The van der Waals surface area contributed by atoms with E-state index < -0.39 is 11.2 Å². The van der Waals surface area contributed by atoms with Crippen LogP contribution in [0.15, 0.2) is 28.1 Å². The van der Waals surface area contributed by atoms with Crippen LogP contribution in [0.5, 0.6) is 0 Å². The zero-order chi connectivity index (χ0) is 19.1. The zero-order valence-electron chi connectivity index (χ0n) is 16.6. The van der Waals surface area contributed by atoms with E-state index in [-0.39, 0.29) is 10.2 Å². The van der Waals surface area contributed by atoms with Crippen molar-refractivity contribution in [3.63, 3.8) is 0 Å². The lowest BCUT2D eigenvalue weighted by Gasteiger charge is -2.43. The Labute approximate surface area is 170 Å². The van der Waals surface area contributed by atoms with E-state index >= 15 is 0 Å². The number of methoxy groups -OCH3 is 1. The maximum atomic E-state index is 13.0. The molecule has 3 rings (SSSR count). The number of ether oxygens (including phenoxy) is 1. The standard InChI is InChI=1S/C22H31BrO2S/c1-6-15-12-22(10-9-20(15)25-5)13-16-7-8-17(23)11-18(16)19(22)14-26(24)21(2,3)4/h7-8,11,14-15,20H,6,9-10,12-13H2,1-5H3/b19-14-/t15-,20-,22-,26+/m1/s1. The summed E-state index contributed by atoms with van der Waals surface area (Å²) in [6, 6.07) is 6.60. The van der Waals surface area contributed by atoms with Gasteiger partial charge in [0.2, 0.25) is 0 Å². The van der Waals surface area contributed by atoms with Gasteiger partial charge in [-0.1, -0.05) is 35.3 Å². The van der Waals surface area contributed by atoms with Gasteiger partial charge in [0.1, 0.15) is 10.2 Å². The molecule has 1 aromatic rings. The molecule has 0 radical (unpaired) electrons. The maximum absolute atomic E-state index is 13.0. The number of hydrogen-bond donors (Lipinski definition) is 0. The average Bonchev–Trinajstić information content (AvgIpc) is 2.86. The van der Waals surface area contributed by atoms with Gasteiger partial charge in [-0.15, -0.1) is 0 Å². The van der Waals surface area contributed by atoms with Gasteiger partial charge in [-0.3, -0.25) is 0 Å². The van der Waals surface area contributed by atoms with E-state index in [0.29, 0.717) is 12.0 Å². The lowest BCUT2D eigenvalue weighted by Crippen LogP contribution is -2.38. The summed E-state index contributed by atoms with van der Waals surface area (Å²) < 4.78 is 19.6. The molecule has 2 nitrogen and oxygen atoms in total. The van der Waals surface area contributed by atoms with E-state index in [1.807, 2.05) is 7.11 Å². The highest BCUT2D eigenvalue weighted by atomic mass is 79.9. The Morgan fingerprint density at radius 2 is 2.12 bits per heavy atom. The van der Waals surface area contributed by atoms with Crippen molar-refractivity contribution in [3.8, 4) is 0 Å². The lowest BCUT2D eigenvalue weighted by molar-refractivity contribution is -0.00596. The van der Waals surface area contributed by atoms with Crippen molar-refractivity contribution in [2.24, 2.45) is 11.3 Å². The van der Waals surface area contributed by atoms with Gasteiger partial charge < -0.3 is 9.29 Å². The molecule has 0 unspecified atom stereocenters. The molecule has 0 amide bonds. The van der Waals surface area contributed by atoms with Gasteiger partial charge in [0, 0.05) is 22.6 Å². The molecule has 0 heterocycles. The van der Waals surface area contributed by atoms with Crippen LogP contribution in [0.2, 0.25) is 0 Å². The highest BCUT2D eigenvalue weighted by Gasteiger charge is 2.48. The topological polar surface area (TPSA) is 32.3 Å². The number of halogens is 1. The van der Waals surface area contributed by atoms with Crippen molar-refractivity contribution >= 4 is 32.7 Å². The molecule has 0 bridgehead atoms. The van der Waals surface area contributed by atoms with Crippen LogP contribution in [-0.2, 0) is 22.3 Å². The molecule has 1 fully saturated rings. The van der Waals surface area contributed by atoms with Gasteiger partial charge in [-0.2, -0.15) is 0 Å². The molecule has 2 aliphatic rings. The fraction of sp³-hybridized carbons (Fsp3) is 0.636.